The van der Waals surface area contributed by atoms with Crippen LogP contribution in [0.25, 0.3) is 0 Å². The zero-order valence-electron chi connectivity index (χ0n) is 7.71. The summed E-state index contributed by atoms with van der Waals surface area (Å²) in [4.78, 5) is 16.1. The second-order valence-electron chi connectivity index (χ2n) is 2.52. The lowest BCUT2D eigenvalue weighted by molar-refractivity contribution is -0.142. The van der Waals surface area contributed by atoms with Gasteiger partial charge in [-0.2, -0.15) is 0 Å². The van der Waals surface area contributed by atoms with Crippen molar-refractivity contribution in [3.05, 3.63) is 14.5 Å². The van der Waals surface area contributed by atoms with Crippen LogP contribution in [0.5, 0.6) is 0 Å². The van der Waals surface area contributed by atoms with E-state index in [0.717, 1.165) is 14.5 Å². The van der Waals surface area contributed by atoms with Crippen molar-refractivity contribution >= 4 is 49.2 Å². The van der Waals surface area contributed by atoms with Gasteiger partial charge in [-0.3, -0.25) is 4.79 Å². The van der Waals surface area contributed by atoms with Crippen molar-refractivity contribution in [2.24, 2.45) is 0 Å². The number of hydrogen-bond donors (Lipinski definition) is 0. The number of aromatic nitrogens is 1. The van der Waals surface area contributed by atoms with Gasteiger partial charge in [0.25, 0.3) is 0 Å². The van der Waals surface area contributed by atoms with Crippen molar-refractivity contribution in [3.8, 4) is 0 Å². The molecular weight excluding hydrogens is 334 g/mol. The Kier molecular flexibility index (Phi) is 4.53. The molecule has 0 spiro atoms. The molecule has 1 aromatic heterocycles. The normalized spacial score (nSPS) is 12.6. The third-order valence-electron chi connectivity index (χ3n) is 1.54. The Labute approximate surface area is 103 Å². The first-order valence-corrected chi connectivity index (χ1v) is 6.52. The quantitative estimate of drug-likeness (QED) is 0.625. The molecule has 1 atom stereocenters. The molecule has 14 heavy (non-hydrogen) atoms. The second-order valence-corrected chi connectivity index (χ2v) is 5.92. The third kappa shape index (κ3) is 2.77. The Morgan fingerprint density at radius 2 is 2.36 bits per heavy atom. The van der Waals surface area contributed by atoms with Crippen molar-refractivity contribution in [1.82, 2.24) is 4.98 Å². The molecule has 0 aliphatic rings. The molecule has 1 unspecified atom stereocenters. The summed E-state index contributed by atoms with van der Waals surface area (Å²) >= 11 is 8.04. The predicted octanol–water partition coefficient (Wildman–Crippen LogP) is 3.21. The Morgan fingerprint density at radius 3 is 2.79 bits per heavy atom. The number of esters is 1. The average Bonchev–Trinajstić information content (AvgIpc) is 2.44. The molecule has 0 N–H and O–H groups in total. The maximum absolute atomic E-state index is 11.4. The molecule has 0 amide bonds. The minimum absolute atomic E-state index is 0.298. The molecule has 0 fully saturated rings. The summed E-state index contributed by atoms with van der Waals surface area (Å²) in [6.07, 6.45) is 0. The fourth-order valence-corrected chi connectivity index (χ4v) is 3.25. The van der Waals surface area contributed by atoms with Crippen LogP contribution in [0.1, 0.15) is 22.3 Å². The minimum Gasteiger partial charge on any atom is -0.465 e. The van der Waals surface area contributed by atoms with Crippen LogP contribution in [-0.2, 0) is 9.53 Å². The van der Waals surface area contributed by atoms with Crippen molar-refractivity contribution in [2.45, 2.75) is 18.7 Å². The van der Waals surface area contributed by atoms with Gasteiger partial charge < -0.3 is 4.74 Å². The number of nitrogens with zero attached hydrogens (tertiary/aromatic N) is 1. The lowest BCUT2D eigenvalue weighted by atomic mass is 10.3. The van der Waals surface area contributed by atoms with E-state index in [-0.39, 0.29) is 5.97 Å². The van der Waals surface area contributed by atoms with E-state index < -0.39 is 4.83 Å². The molecule has 0 bridgehead atoms. The highest BCUT2D eigenvalue weighted by Crippen LogP contribution is 2.31. The second kappa shape index (κ2) is 5.23. The highest BCUT2D eigenvalue weighted by Gasteiger charge is 2.23. The Balaban J connectivity index is 2.83. The van der Waals surface area contributed by atoms with Gasteiger partial charge in [-0.25, -0.2) is 4.98 Å². The first-order valence-electron chi connectivity index (χ1n) is 3.99. The van der Waals surface area contributed by atoms with Gasteiger partial charge in [0.2, 0.25) is 0 Å². The van der Waals surface area contributed by atoms with Gasteiger partial charge in [-0.05, 0) is 29.8 Å². The van der Waals surface area contributed by atoms with E-state index in [1.165, 1.54) is 11.3 Å². The van der Waals surface area contributed by atoms with E-state index >= 15 is 0 Å². The van der Waals surface area contributed by atoms with Gasteiger partial charge in [-0.15, -0.1) is 11.3 Å². The Bertz CT molecular complexity index is 340. The van der Waals surface area contributed by atoms with Crippen molar-refractivity contribution in [2.75, 3.05) is 6.61 Å². The maximum atomic E-state index is 11.4. The molecule has 1 heterocycles. The summed E-state index contributed by atoms with van der Waals surface area (Å²) in [5, 5.41) is 0. The van der Waals surface area contributed by atoms with Gasteiger partial charge in [0.15, 0.2) is 8.74 Å². The summed E-state index contributed by atoms with van der Waals surface area (Å²) in [5.41, 5.74) is 0.723. The molecule has 0 aromatic carbocycles. The van der Waals surface area contributed by atoms with Crippen molar-refractivity contribution in [3.63, 3.8) is 0 Å². The molecular formula is C8H9Br2NO2S. The number of aryl methyl sites for hydroxylation is 1. The summed E-state index contributed by atoms with van der Waals surface area (Å²) in [5.74, 6) is -0.298. The molecule has 78 valence electrons. The SMILES string of the molecule is CCOC(=O)C(Br)c1nc(Br)sc1C. The van der Waals surface area contributed by atoms with E-state index in [0.29, 0.717) is 6.61 Å². The van der Waals surface area contributed by atoms with Gasteiger partial charge in [0.1, 0.15) is 0 Å². The largest absolute Gasteiger partial charge is 0.465 e. The number of hydrogen-bond acceptors (Lipinski definition) is 4. The number of ether oxygens (including phenoxy) is 1. The number of halogens is 2. The van der Waals surface area contributed by atoms with E-state index in [4.69, 9.17) is 4.74 Å². The first kappa shape index (κ1) is 12.1. The van der Waals surface area contributed by atoms with Crippen LogP contribution in [0.3, 0.4) is 0 Å². The molecule has 0 aliphatic heterocycles. The van der Waals surface area contributed by atoms with Crippen LogP contribution in [0, 0.1) is 6.92 Å². The van der Waals surface area contributed by atoms with Crippen LogP contribution in [-0.4, -0.2) is 17.6 Å². The highest BCUT2D eigenvalue weighted by atomic mass is 79.9. The average molecular weight is 343 g/mol. The van der Waals surface area contributed by atoms with Crippen LogP contribution in [0.4, 0.5) is 0 Å². The Hall–Kier alpha value is 0.0600. The van der Waals surface area contributed by atoms with Crippen LogP contribution < -0.4 is 0 Å². The van der Waals surface area contributed by atoms with Crippen molar-refractivity contribution in [1.29, 1.82) is 0 Å². The molecule has 0 saturated heterocycles. The lowest BCUT2D eigenvalue weighted by Crippen LogP contribution is -2.11. The van der Waals surface area contributed by atoms with Crippen LogP contribution >= 0.6 is 43.2 Å². The maximum Gasteiger partial charge on any atom is 0.325 e. The van der Waals surface area contributed by atoms with Gasteiger partial charge >= 0.3 is 5.97 Å². The predicted molar refractivity (Wildman–Crippen MR) is 62.9 cm³/mol. The zero-order valence-corrected chi connectivity index (χ0v) is 11.7. The molecule has 0 saturated carbocycles. The lowest BCUT2D eigenvalue weighted by Gasteiger charge is -2.06. The molecule has 1 rings (SSSR count). The zero-order chi connectivity index (χ0) is 10.7. The Morgan fingerprint density at radius 1 is 1.71 bits per heavy atom. The van der Waals surface area contributed by atoms with Gasteiger partial charge in [0.05, 0.1) is 12.3 Å². The monoisotopic (exact) mass is 341 g/mol. The topological polar surface area (TPSA) is 39.2 Å². The van der Waals surface area contributed by atoms with E-state index in [2.05, 4.69) is 36.8 Å². The number of carbonyl (C=O) groups is 1. The molecule has 0 aliphatic carbocycles. The van der Waals surface area contributed by atoms with E-state index in [1.807, 2.05) is 6.92 Å². The van der Waals surface area contributed by atoms with Crippen molar-refractivity contribution < 1.29 is 9.53 Å². The fraction of sp³-hybridized carbons (Fsp3) is 0.500. The molecule has 1 aromatic rings. The standard InChI is InChI=1S/C8H9Br2NO2S/c1-3-13-7(12)5(9)6-4(2)14-8(10)11-6/h5H,3H2,1-2H3. The summed E-state index contributed by atoms with van der Waals surface area (Å²) < 4.78 is 5.66. The van der Waals surface area contributed by atoms with E-state index in [9.17, 15) is 4.79 Å². The molecule has 0 radical (unpaired) electrons. The summed E-state index contributed by atoms with van der Waals surface area (Å²) in [7, 11) is 0. The van der Waals surface area contributed by atoms with Crippen LogP contribution in [0.2, 0.25) is 0 Å². The first-order chi connectivity index (χ1) is 6.56. The minimum atomic E-state index is -0.468. The van der Waals surface area contributed by atoms with Gasteiger partial charge in [-0.1, -0.05) is 15.9 Å². The van der Waals surface area contributed by atoms with Crippen LogP contribution in [0.15, 0.2) is 3.92 Å². The summed E-state index contributed by atoms with van der Waals surface area (Å²) in [6, 6.07) is 0. The summed E-state index contributed by atoms with van der Waals surface area (Å²) in [6.45, 7) is 4.08. The fourth-order valence-electron chi connectivity index (χ4n) is 0.937. The number of carbonyl (C=O) groups excluding carboxylic acids is 1. The van der Waals surface area contributed by atoms with E-state index in [1.54, 1.807) is 6.92 Å². The number of thiazole rings is 1. The van der Waals surface area contributed by atoms with Gasteiger partial charge in [0, 0.05) is 4.88 Å². The number of alkyl halides is 1. The third-order valence-corrected chi connectivity index (χ3v) is 3.79. The highest BCUT2D eigenvalue weighted by molar-refractivity contribution is 9.11. The smallest absolute Gasteiger partial charge is 0.325 e. The number of rotatable bonds is 3. The molecule has 3 nitrogen and oxygen atoms in total. The molecule has 6 heteroatoms.